The summed E-state index contributed by atoms with van der Waals surface area (Å²) in [5.74, 6) is -0.364. The van der Waals surface area contributed by atoms with E-state index in [1.165, 1.54) is 0 Å². The second-order valence-corrected chi connectivity index (χ2v) is 6.51. The number of amides is 2. The Balaban J connectivity index is 1.61. The Bertz CT molecular complexity index is 962. The number of hydrogen-bond donors (Lipinski definition) is 2. The van der Waals surface area contributed by atoms with Gasteiger partial charge >= 0.3 is 0 Å². The van der Waals surface area contributed by atoms with Crippen LogP contribution in [0.4, 0.5) is 5.69 Å². The first kappa shape index (κ1) is 18.4. The molecule has 136 valence electrons. The first-order chi connectivity index (χ1) is 13.0. The van der Waals surface area contributed by atoms with Crippen molar-refractivity contribution >= 4 is 17.5 Å². The summed E-state index contributed by atoms with van der Waals surface area (Å²) in [6.45, 7) is 4.46. The highest BCUT2D eigenvalue weighted by molar-refractivity contribution is 6.05. The molecule has 2 N–H and O–H groups in total. The third-order valence-corrected chi connectivity index (χ3v) is 4.39. The largest absolute Gasteiger partial charge is 0.348 e. The monoisotopic (exact) mass is 358 g/mol. The zero-order chi connectivity index (χ0) is 19.2. The van der Waals surface area contributed by atoms with Crippen molar-refractivity contribution in [2.24, 2.45) is 0 Å². The Morgan fingerprint density at radius 1 is 0.778 bits per heavy atom. The molecule has 0 aliphatic heterocycles. The van der Waals surface area contributed by atoms with Crippen LogP contribution in [-0.2, 0) is 6.54 Å². The van der Waals surface area contributed by atoms with E-state index in [0.29, 0.717) is 17.7 Å². The van der Waals surface area contributed by atoms with Crippen LogP contribution < -0.4 is 10.6 Å². The Morgan fingerprint density at radius 2 is 1.44 bits per heavy atom. The average Bonchev–Trinajstić information content (AvgIpc) is 2.67. The summed E-state index contributed by atoms with van der Waals surface area (Å²) in [6, 6.07) is 22.2. The molecule has 0 aliphatic rings. The number of nitrogens with one attached hydrogen (secondary N) is 2. The maximum atomic E-state index is 12.3. The van der Waals surface area contributed by atoms with Crippen LogP contribution in [0.1, 0.15) is 37.4 Å². The highest BCUT2D eigenvalue weighted by Crippen LogP contribution is 2.13. The van der Waals surface area contributed by atoms with Crippen molar-refractivity contribution in [2.45, 2.75) is 20.4 Å². The van der Waals surface area contributed by atoms with Crippen LogP contribution in [0.25, 0.3) is 0 Å². The van der Waals surface area contributed by atoms with Gasteiger partial charge in [-0.25, -0.2) is 0 Å². The van der Waals surface area contributed by atoms with E-state index in [-0.39, 0.29) is 11.8 Å². The van der Waals surface area contributed by atoms with Crippen molar-refractivity contribution in [2.75, 3.05) is 5.32 Å². The number of rotatable bonds is 5. The lowest BCUT2D eigenvalue weighted by molar-refractivity contribution is 0.0949. The third kappa shape index (κ3) is 4.82. The van der Waals surface area contributed by atoms with Gasteiger partial charge in [0, 0.05) is 23.4 Å². The molecule has 3 aromatic carbocycles. The van der Waals surface area contributed by atoms with Gasteiger partial charge in [-0.1, -0.05) is 36.4 Å². The molecule has 27 heavy (non-hydrogen) atoms. The standard InChI is InChI=1S/C23H22N2O2/c1-16-6-5-9-21(14-16)25-23(27)19-12-10-18(11-13-19)22(26)24-15-20-8-4-3-7-17(20)2/h3-14H,15H2,1-2H3,(H,24,26)(H,25,27). The molecule has 0 fully saturated rings. The van der Waals surface area contributed by atoms with Gasteiger partial charge < -0.3 is 10.6 Å². The van der Waals surface area contributed by atoms with Crippen molar-refractivity contribution in [3.8, 4) is 0 Å². The van der Waals surface area contributed by atoms with Crippen molar-refractivity contribution in [3.63, 3.8) is 0 Å². The molecule has 2 amide bonds. The molecule has 0 radical (unpaired) electrons. The number of aryl methyl sites for hydroxylation is 2. The van der Waals surface area contributed by atoms with Crippen LogP contribution in [0.15, 0.2) is 72.8 Å². The maximum absolute atomic E-state index is 12.3. The van der Waals surface area contributed by atoms with E-state index in [1.807, 2.05) is 62.4 Å². The number of carbonyl (C=O) groups is 2. The van der Waals surface area contributed by atoms with Gasteiger partial charge in [-0.3, -0.25) is 9.59 Å². The van der Waals surface area contributed by atoms with Crippen molar-refractivity contribution < 1.29 is 9.59 Å². The van der Waals surface area contributed by atoms with Gasteiger partial charge in [-0.15, -0.1) is 0 Å². The fourth-order valence-electron chi connectivity index (χ4n) is 2.79. The molecule has 0 heterocycles. The topological polar surface area (TPSA) is 58.2 Å². The molecule has 0 aliphatic carbocycles. The summed E-state index contributed by atoms with van der Waals surface area (Å²) < 4.78 is 0. The first-order valence-electron chi connectivity index (χ1n) is 8.84. The fourth-order valence-corrected chi connectivity index (χ4v) is 2.79. The van der Waals surface area contributed by atoms with Crippen LogP contribution in [-0.4, -0.2) is 11.8 Å². The van der Waals surface area contributed by atoms with E-state index in [2.05, 4.69) is 10.6 Å². The van der Waals surface area contributed by atoms with Crippen LogP contribution in [0.3, 0.4) is 0 Å². The van der Waals surface area contributed by atoms with E-state index < -0.39 is 0 Å². The predicted molar refractivity (Wildman–Crippen MR) is 108 cm³/mol. The number of carbonyl (C=O) groups excluding carboxylic acids is 2. The second kappa shape index (κ2) is 8.32. The summed E-state index contributed by atoms with van der Waals surface area (Å²) in [5, 5.41) is 5.77. The van der Waals surface area contributed by atoms with Gasteiger partial charge in [0.15, 0.2) is 0 Å². The molecular weight excluding hydrogens is 336 g/mol. The van der Waals surface area contributed by atoms with E-state index in [1.54, 1.807) is 24.3 Å². The quantitative estimate of drug-likeness (QED) is 0.706. The molecule has 0 aromatic heterocycles. The second-order valence-electron chi connectivity index (χ2n) is 6.51. The summed E-state index contributed by atoms with van der Waals surface area (Å²) >= 11 is 0. The average molecular weight is 358 g/mol. The number of benzene rings is 3. The minimum absolute atomic E-state index is 0.163. The van der Waals surface area contributed by atoms with Gasteiger partial charge in [0.2, 0.25) is 0 Å². The van der Waals surface area contributed by atoms with Crippen LogP contribution in [0, 0.1) is 13.8 Å². The fraction of sp³-hybridized carbons (Fsp3) is 0.130. The van der Waals surface area contributed by atoms with E-state index >= 15 is 0 Å². The van der Waals surface area contributed by atoms with Gasteiger partial charge in [0.05, 0.1) is 0 Å². The molecule has 3 aromatic rings. The SMILES string of the molecule is Cc1cccc(NC(=O)c2ccc(C(=O)NCc3ccccc3C)cc2)c1. The first-order valence-corrected chi connectivity index (χ1v) is 8.84. The van der Waals surface area contributed by atoms with Gasteiger partial charge in [-0.05, 0) is 66.9 Å². The smallest absolute Gasteiger partial charge is 0.255 e. The predicted octanol–water partition coefficient (Wildman–Crippen LogP) is 4.49. The number of anilines is 1. The lowest BCUT2D eigenvalue weighted by Gasteiger charge is -2.09. The van der Waals surface area contributed by atoms with E-state index in [0.717, 1.165) is 22.4 Å². The Labute approximate surface area is 159 Å². The van der Waals surface area contributed by atoms with Crippen LogP contribution >= 0.6 is 0 Å². The molecule has 0 saturated carbocycles. The van der Waals surface area contributed by atoms with Crippen molar-refractivity contribution in [3.05, 3.63) is 101 Å². The lowest BCUT2D eigenvalue weighted by atomic mass is 10.1. The van der Waals surface area contributed by atoms with Crippen LogP contribution in [0.2, 0.25) is 0 Å². The Kier molecular flexibility index (Phi) is 5.67. The van der Waals surface area contributed by atoms with Crippen molar-refractivity contribution in [1.82, 2.24) is 5.32 Å². The summed E-state index contributed by atoms with van der Waals surface area (Å²) in [5.41, 5.74) is 5.08. The number of hydrogen-bond acceptors (Lipinski definition) is 2. The highest BCUT2D eigenvalue weighted by Gasteiger charge is 2.10. The molecule has 0 unspecified atom stereocenters. The van der Waals surface area contributed by atoms with Crippen LogP contribution in [0.5, 0.6) is 0 Å². The minimum Gasteiger partial charge on any atom is -0.348 e. The molecule has 4 nitrogen and oxygen atoms in total. The zero-order valence-corrected chi connectivity index (χ0v) is 15.5. The van der Waals surface area contributed by atoms with Crippen molar-refractivity contribution in [1.29, 1.82) is 0 Å². The molecular formula is C23H22N2O2. The summed E-state index contributed by atoms with van der Waals surface area (Å²) in [7, 11) is 0. The highest BCUT2D eigenvalue weighted by atomic mass is 16.2. The molecule has 3 rings (SSSR count). The van der Waals surface area contributed by atoms with Gasteiger partial charge in [0.25, 0.3) is 11.8 Å². The van der Waals surface area contributed by atoms with Gasteiger partial charge in [0.1, 0.15) is 0 Å². The Morgan fingerprint density at radius 3 is 2.11 bits per heavy atom. The van der Waals surface area contributed by atoms with E-state index in [9.17, 15) is 9.59 Å². The molecule has 4 heteroatoms. The molecule has 0 atom stereocenters. The third-order valence-electron chi connectivity index (χ3n) is 4.39. The summed E-state index contributed by atoms with van der Waals surface area (Å²) in [4.78, 5) is 24.7. The molecule has 0 saturated heterocycles. The molecule has 0 spiro atoms. The maximum Gasteiger partial charge on any atom is 0.255 e. The van der Waals surface area contributed by atoms with Gasteiger partial charge in [-0.2, -0.15) is 0 Å². The molecule has 0 bridgehead atoms. The normalized spacial score (nSPS) is 10.3. The van der Waals surface area contributed by atoms with E-state index in [4.69, 9.17) is 0 Å². The lowest BCUT2D eigenvalue weighted by Crippen LogP contribution is -2.23. The Hall–Kier alpha value is -3.40. The minimum atomic E-state index is -0.201. The zero-order valence-electron chi connectivity index (χ0n) is 15.5. The summed E-state index contributed by atoms with van der Waals surface area (Å²) in [6.07, 6.45) is 0.